The van der Waals surface area contributed by atoms with Crippen LogP contribution in [-0.4, -0.2) is 0 Å². The molecule has 0 radical (unpaired) electrons. The van der Waals surface area contributed by atoms with Gasteiger partial charge in [0.1, 0.15) is 0 Å². The van der Waals surface area contributed by atoms with E-state index in [1.54, 1.807) is 14.7 Å². The van der Waals surface area contributed by atoms with Gasteiger partial charge in [0.05, 0.1) is 0 Å². The Labute approximate surface area is 189 Å². The molecule has 0 aromatic heterocycles. The van der Waals surface area contributed by atoms with Crippen LogP contribution in [0.4, 0.5) is 0 Å². The van der Waals surface area contributed by atoms with Gasteiger partial charge in [-0.05, 0) is 0 Å². The second-order valence-corrected chi connectivity index (χ2v) is 13.1. The van der Waals surface area contributed by atoms with Crippen LogP contribution in [0.1, 0.15) is 45.1 Å². The number of hydrogen-bond acceptors (Lipinski definition) is 1. The van der Waals surface area contributed by atoms with Crippen LogP contribution in [0.3, 0.4) is 0 Å². The number of alkyl halides is 3. The summed E-state index contributed by atoms with van der Waals surface area (Å²) in [5.41, 5.74) is 7.37. The first-order chi connectivity index (χ1) is 13.7. The summed E-state index contributed by atoms with van der Waals surface area (Å²) < 4.78 is 11.4. The van der Waals surface area contributed by atoms with Crippen molar-refractivity contribution in [3.63, 3.8) is 0 Å². The van der Waals surface area contributed by atoms with E-state index in [4.69, 9.17) is 4.74 Å². The van der Waals surface area contributed by atoms with Crippen molar-refractivity contribution in [1.29, 1.82) is 0 Å². The molecule has 0 aliphatic carbocycles. The van der Waals surface area contributed by atoms with Gasteiger partial charge < -0.3 is 0 Å². The number of hydrogen-bond donors (Lipinski definition) is 0. The molecule has 0 fully saturated rings. The van der Waals surface area contributed by atoms with E-state index in [0.717, 1.165) is 11.5 Å². The summed E-state index contributed by atoms with van der Waals surface area (Å²) in [6.07, 6.45) is 1.20. The number of benzene rings is 3. The van der Waals surface area contributed by atoms with Crippen molar-refractivity contribution >= 4 is 0 Å². The van der Waals surface area contributed by atoms with Gasteiger partial charge in [-0.3, -0.25) is 0 Å². The second kappa shape index (κ2) is 9.16. The standard InChI is InChI=1S/C25H26I2O/c1-4-23(27-24-12-8-9-19-15-26-16-22(19)24)21-14-13-17(2)25(18(21)3)28-20-10-6-5-7-11-20/h5-14,23H,4,15-16H2,1-3H3/q-2/t23-/m0/s1. The first kappa shape index (κ1) is 20.2. The van der Waals surface area contributed by atoms with Crippen molar-refractivity contribution in [1.82, 2.24) is 0 Å². The molecule has 0 spiro atoms. The molecule has 4 rings (SSSR count). The maximum absolute atomic E-state index is 6.32. The topological polar surface area (TPSA) is 9.23 Å². The van der Waals surface area contributed by atoms with E-state index < -0.39 is 0 Å². The van der Waals surface area contributed by atoms with Crippen molar-refractivity contribution in [2.45, 2.75) is 40.0 Å². The van der Waals surface area contributed by atoms with E-state index in [-0.39, 0.29) is 21.2 Å². The van der Waals surface area contributed by atoms with Crippen LogP contribution in [0.25, 0.3) is 0 Å². The number of fused-ring (bicyclic) bond motifs is 1. The Morgan fingerprint density at radius 2 is 1.79 bits per heavy atom. The Morgan fingerprint density at radius 1 is 0.964 bits per heavy atom. The van der Waals surface area contributed by atoms with Crippen molar-refractivity contribution in [3.8, 4) is 11.5 Å². The van der Waals surface area contributed by atoms with E-state index in [2.05, 4.69) is 51.1 Å². The molecule has 1 heterocycles. The van der Waals surface area contributed by atoms with Crippen molar-refractivity contribution in [2.24, 2.45) is 0 Å². The van der Waals surface area contributed by atoms with Gasteiger partial charge in [-0.2, -0.15) is 0 Å². The third kappa shape index (κ3) is 4.25. The monoisotopic (exact) mass is 596 g/mol. The molecule has 1 atom stereocenters. The third-order valence-electron chi connectivity index (χ3n) is 5.24. The van der Waals surface area contributed by atoms with Gasteiger partial charge >= 0.3 is 191 Å². The SMILES string of the molecule is CC[C@H]([I-]c1cccc2c1C[I-]C2)c1ccc(C)c(Oc2ccccc2)c1C. The van der Waals surface area contributed by atoms with Crippen LogP contribution in [0, 0.1) is 17.4 Å². The molecule has 3 aromatic rings. The number of aryl methyl sites for hydroxylation is 1. The molecular formula is C25H26I2O-2. The van der Waals surface area contributed by atoms with Crippen LogP contribution in [0.15, 0.2) is 60.7 Å². The first-order valence-electron chi connectivity index (χ1n) is 9.78. The van der Waals surface area contributed by atoms with Gasteiger partial charge in [-0.1, -0.05) is 0 Å². The minimum absolute atomic E-state index is 0.0606. The van der Waals surface area contributed by atoms with E-state index in [1.165, 1.54) is 32.0 Å². The van der Waals surface area contributed by atoms with Gasteiger partial charge in [0, 0.05) is 0 Å². The molecular weight excluding hydrogens is 570 g/mol. The molecule has 0 N–H and O–H groups in total. The van der Waals surface area contributed by atoms with Crippen LogP contribution in [-0.2, 0) is 8.86 Å². The molecule has 28 heavy (non-hydrogen) atoms. The molecule has 0 unspecified atom stereocenters. The van der Waals surface area contributed by atoms with Gasteiger partial charge in [0.2, 0.25) is 0 Å². The summed E-state index contributed by atoms with van der Waals surface area (Å²) in [7, 11) is 0. The van der Waals surface area contributed by atoms with E-state index in [1.807, 2.05) is 30.3 Å². The fourth-order valence-electron chi connectivity index (χ4n) is 3.67. The van der Waals surface area contributed by atoms with Gasteiger partial charge in [-0.15, -0.1) is 0 Å². The Morgan fingerprint density at radius 3 is 2.57 bits per heavy atom. The second-order valence-electron chi connectivity index (χ2n) is 7.16. The summed E-state index contributed by atoms with van der Waals surface area (Å²) in [4.78, 5) is 0. The molecule has 0 saturated heterocycles. The van der Waals surface area contributed by atoms with E-state index >= 15 is 0 Å². The summed E-state index contributed by atoms with van der Waals surface area (Å²) >= 11 is 0.302. The van der Waals surface area contributed by atoms with Crippen LogP contribution in [0.5, 0.6) is 11.5 Å². The summed E-state index contributed by atoms with van der Waals surface area (Å²) in [6, 6.07) is 21.8. The number of para-hydroxylation sites is 1. The maximum atomic E-state index is 6.32. The van der Waals surface area contributed by atoms with Crippen molar-refractivity contribution in [3.05, 3.63) is 92.1 Å². The number of ether oxygens (including phenoxy) is 1. The zero-order chi connectivity index (χ0) is 19.5. The van der Waals surface area contributed by atoms with Crippen LogP contribution >= 0.6 is 0 Å². The molecule has 0 bridgehead atoms. The van der Waals surface area contributed by atoms with Crippen LogP contribution in [0.2, 0.25) is 0 Å². The molecule has 3 aromatic carbocycles. The molecule has 1 nitrogen and oxygen atoms in total. The first-order valence-corrected chi connectivity index (χ1v) is 15.2. The van der Waals surface area contributed by atoms with Gasteiger partial charge in [-0.25, -0.2) is 0 Å². The Kier molecular flexibility index (Phi) is 6.61. The molecule has 0 amide bonds. The predicted molar refractivity (Wildman–Crippen MR) is 108 cm³/mol. The Balaban J connectivity index is 1.66. The number of rotatable bonds is 6. The van der Waals surface area contributed by atoms with Crippen molar-refractivity contribution in [2.75, 3.05) is 0 Å². The fraction of sp³-hybridized carbons (Fsp3) is 0.280. The normalized spacial score (nSPS) is 14.4. The van der Waals surface area contributed by atoms with Gasteiger partial charge in [0.15, 0.2) is 0 Å². The zero-order valence-corrected chi connectivity index (χ0v) is 21.0. The minimum atomic E-state index is -0.0606. The Bertz CT molecular complexity index is 966. The third-order valence-corrected chi connectivity index (χ3v) is 11.9. The number of halogens is 2. The fourth-order valence-corrected chi connectivity index (χ4v) is 11.0. The van der Waals surface area contributed by atoms with Crippen molar-refractivity contribution < 1.29 is 47.1 Å². The average Bonchev–Trinajstić information content (AvgIpc) is 3.20. The summed E-state index contributed by atoms with van der Waals surface area (Å²) in [5.74, 6) is 1.95. The quantitative estimate of drug-likeness (QED) is 0.300. The van der Waals surface area contributed by atoms with E-state index in [9.17, 15) is 0 Å². The predicted octanol–water partition coefficient (Wildman–Crippen LogP) is 0.608. The van der Waals surface area contributed by atoms with Gasteiger partial charge in [0.25, 0.3) is 0 Å². The summed E-state index contributed by atoms with van der Waals surface area (Å²) in [6.45, 7) is 6.74. The Hall–Kier alpha value is -1.08. The molecule has 148 valence electrons. The van der Waals surface area contributed by atoms with Crippen LogP contribution < -0.4 is 47.1 Å². The zero-order valence-electron chi connectivity index (χ0n) is 16.6. The molecule has 3 heteroatoms. The van der Waals surface area contributed by atoms with E-state index in [0.29, 0.717) is 25.1 Å². The molecule has 0 saturated carbocycles. The molecule has 1 aliphatic heterocycles. The summed E-state index contributed by atoms with van der Waals surface area (Å²) in [5, 5.41) is 0. The molecule has 1 aliphatic rings. The average molecular weight is 596 g/mol.